The molecular weight excluding hydrogens is 174 g/mol. The molecule has 3 heteroatoms. The molecule has 0 amide bonds. The molecule has 0 spiro atoms. The Morgan fingerprint density at radius 3 is 2.86 bits per heavy atom. The van der Waals surface area contributed by atoms with Crippen LogP contribution < -0.4 is 5.32 Å². The van der Waals surface area contributed by atoms with Crippen molar-refractivity contribution in [2.24, 2.45) is 0 Å². The van der Waals surface area contributed by atoms with Crippen LogP contribution in [0, 0.1) is 0 Å². The highest BCUT2D eigenvalue weighted by molar-refractivity contribution is 4.94. The van der Waals surface area contributed by atoms with Crippen LogP contribution >= 0.6 is 0 Å². The number of hydrogen-bond donors (Lipinski definition) is 2. The van der Waals surface area contributed by atoms with E-state index in [0.29, 0.717) is 12.1 Å². The van der Waals surface area contributed by atoms with E-state index in [2.05, 4.69) is 22.2 Å². The summed E-state index contributed by atoms with van der Waals surface area (Å²) in [6, 6.07) is 1.05. The van der Waals surface area contributed by atoms with Crippen LogP contribution in [0.5, 0.6) is 0 Å². The van der Waals surface area contributed by atoms with Crippen molar-refractivity contribution < 1.29 is 0 Å². The Kier molecular flexibility index (Phi) is 3.19. The van der Waals surface area contributed by atoms with E-state index in [-0.39, 0.29) is 0 Å². The monoisotopic (exact) mass is 193 g/mol. The third-order valence-corrected chi connectivity index (χ3v) is 3.02. The number of nitrogens with one attached hydrogen (secondary N) is 2. The van der Waals surface area contributed by atoms with Gasteiger partial charge in [-0.25, -0.2) is 4.98 Å². The number of H-pyrrole nitrogens is 1. The van der Waals surface area contributed by atoms with Crippen LogP contribution in [0.15, 0.2) is 12.4 Å². The molecule has 1 aliphatic rings. The van der Waals surface area contributed by atoms with Crippen molar-refractivity contribution in [3.63, 3.8) is 0 Å². The first-order chi connectivity index (χ1) is 6.86. The lowest BCUT2D eigenvalue weighted by molar-refractivity contribution is 0.342. The van der Waals surface area contributed by atoms with Crippen molar-refractivity contribution in [3.05, 3.63) is 18.2 Å². The van der Waals surface area contributed by atoms with Gasteiger partial charge in [0.25, 0.3) is 0 Å². The molecule has 78 valence electrons. The molecule has 3 nitrogen and oxygen atoms in total. The van der Waals surface area contributed by atoms with Crippen LogP contribution in [0.3, 0.4) is 0 Å². The summed E-state index contributed by atoms with van der Waals surface area (Å²) in [4.78, 5) is 7.42. The minimum atomic E-state index is 0.355. The van der Waals surface area contributed by atoms with Crippen LogP contribution in [0.1, 0.15) is 50.9 Å². The van der Waals surface area contributed by atoms with Crippen molar-refractivity contribution in [1.82, 2.24) is 15.3 Å². The summed E-state index contributed by atoms with van der Waals surface area (Å²) in [5.41, 5.74) is 0. The van der Waals surface area contributed by atoms with Gasteiger partial charge in [-0.1, -0.05) is 19.3 Å². The molecule has 1 aromatic heterocycles. The zero-order chi connectivity index (χ0) is 9.80. The molecule has 1 aliphatic carbocycles. The zero-order valence-corrected chi connectivity index (χ0v) is 8.79. The second-order valence-corrected chi connectivity index (χ2v) is 4.20. The van der Waals surface area contributed by atoms with Crippen LogP contribution in [-0.2, 0) is 0 Å². The van der Waals surface area contributed by atoms with Crippen LogP contribution in [0.2, 0.25) is 0 Å². The molecule has 1 fully saturated rings. The third kappa shape index (κ3) is 2.35. The smallest absolute Gasteiger partial charge is 0.122 e. The van der Waals surface area contributed by atoms with Gasteiger partial charge >= 0.3 is 0 Å². The van der Waals surface area contributed by atoms with Gasteiger partial charge in [0.05, 0.1) is 6.04 Å². The van der Waals surface area contributed by atoms with Crippen LogP contribution in [-0.4, -0.2) is 16.0 Å². The van der Waals surface area contributed by atoms with E-state index in [0.717, 1.165) is 5.82 Å². The second-order valence-electron chi connectivity index (χ2n) is 4.20. The predicted molar refractivity (Wildman–Crippen MR) is 57.0 cm³/mol. The molecule has 0 aliphatic heterocycles. The average Bonchev–Trinajstić information content (AvgIpc) is 2.72. The van der Waals surface area contributed by atoms with Gasteiger partial charge in [-0.05, 0) is 19.8 Å². The summed E-state index contributed by atoms with van der Waals surface area (Å²) in [6.45, 7) is 2.17. The van der Waals surface area contributed by atoms with Crippen molar-refractivity contribution in [2.45, 2.75) is 51.1 Å². The average molecular weight is 193 g/mol. The minimum absolute atomic E-state index is 0.355. The first-order valence-corrected chi connectivity index (χ1v) is 5.61. The number of aromatic nitrogens is 2. The predicted octanol–water partition coefficient (Wildman–Crippen LogP) is 2.39. The molecule has 0 saturated heterocycles. The van der Waals surface area contributed by atoms with Crippen LogP contribution in [0.25, 0.3) is 0 Å². The maximum atomic E-state index is 4.26. The quantitative estimate of drug-likeness (QED) is 0.774. The fourth-order valence-corrected chi connectivity index (χ4v) is 2.22. The first kappa shape index (κ1) is 9.71. The van der Waals surface area contributed by atoms with Crippen molar-refractivity contribution in [1.29, 1.82) is 0 Å². The Hall–Kier alpha value is -0.830. The van der Waals surface area contributed by atoms with Crippen LogP contribution in [0.4, 0.5) is 0 Å². The molecule has 14 heavy (non-hydrogen) atoms. The fraction of sp³-hybridized carbons (Fsp3) is 0.727. The lowest BCUT2D eigenvalue weighted by Gasteiger charge is -2.25. The number of rotatable bonds is 3. The number of nitrogens with zero attached hydrogens (tertiary/aromatic N) is 1. The molecule has 1 saturated carbocycles. The molecule has 1 atom stereocenters. The van der Waals surface area contributed by atoms with Gasteiger partial charge in [0, 0.05) is 18.4 Å². The van der Waals surface area contributed by atoms with E-state index in [1.807, 2.05) is 12.4 Å². The first-order valence-electron chi connectivity index (χ1n) is 5.61. The molecule has 0 radical (unpaired) electrons. The SMILES string of the molecule is CC(NC1CCCCC1)c1ncc[nH]1. The van der Waals surface area contributed by atoms with Gasteiger partial charge in [-0.2, -0.15) is 0 Å². The molecule has 0 bridgehead atoms. The van der Waals surface area contributed by atoms with Crippen molar-refractivity contribution in [3.8, 4) is 0 Å². The fourth-order valence-electron chi connectivity index (χ4n) is 2.22. The summed E-state index contributed by atoms with van der Waals surface area (Å²) >= 11 is 0. The van der Waals surface area contributed by atoms with E-state index in [4.69, 9.17) is 0 Å². The Labute approximate surface area is 85.3 Å². The zero-order valence-electron chi connectivity index (χ0n) is 8.79. The normalized spacial score (nSPS) is 20.9. The van der Waals surface area contributed by atoms with Gasteiger partial charge in [-0.3, -0.25) is 0 Å². The Bertz CT molecular complexity index is 250. The van der Waals surface area contributed by atoms with E-state index in [9.17, 15) is 0 Å². The lowest BCUT2D eigenvalue weighted by Crippen LogP contribution is -2.33. The van der Waals surface area contributed by atoms with Gasteiger partial charge in [0.15, 0.2) is 0 Å². The Morgan fingerprint density at radius 1 is 1.43 bits per heavy atom. The van der Waals surface area contributed by atoms with E-state index < -0.39 is 0 Å². The summed E-state index contributed by atoms with van der Waals surface area (Å²) in [7, 11) is 0. The van der Waals surface area contributed by atoms with Crippen molar-refractivity contribution in [2.75, 3.05) is 0 Å². The van der Waals surface area contributed by atoms with Crippen molar-refractivity contribution >= 4 is 0 Å². The summed E-state index contributed by atoms with van der Waals surface area (Å²) in [6.07, 6.45) is 10.5. The second kappa shape index (κ2) is 4.60. The number of hydrogen-bond acceptors (Lipinski definition) is 2. The molecule has 2 rings (SSSR count). The molecule has 2 N–H and O–H groups in total. The largest absolute Gasteiger partial charge is 0.347 e. The van der Waals surface area contributed by atoms with Gasteiger partial charge < -0.3 is 10.3 Å². The third-order valence-electron chi connectivity index (χ3n) is 3.02. The lowest BCUT2D eigenvalue weighted by atomic mass is 9.95. The molecule has 1 heterocycles. The highest BCUT2D eigenvalue weighted by Crippen LogP contribution is 2.20. The molecule has 1 aromatic rings. The Balaban J connectivity index is 1.84. The number of aromatic amines is 1. The summed E-state index contributed by atoms with van der Waals surface area (Å²) in [5, 5.41) is 3.63. The van der Waals surface area contributed by atoms with E-state index in [1.165, 1.54) is 32.1 Å². The Morgan fingerprint density at radius 2 is 2.21 bits per heavy atom. The molecular formula is C11H19N3. The maximum Gasteiger partial charge on any atom is 0.122 e. The standard InChI is InChI=1S/C11H19N3/c1-9(11-12-7-8-13-11)14-10-5-3-2-4-6-10/h7-10,14H,2-6H2,1H3,(H,12,13). The number of imidazole rings is 1. The maximum absolute atomic E-state index is 4.26. The molecule has 1 unspecified atom stereocenters. The van der Waals surface area contributed by atoms with E-state index >= 15 is 0 Å². The minimum Gasteiger partial charge on any atom is -0.347 e. The van der Waals surface area contributed by atoms with E-state index in [1.54, 1.807) is 0 Å². The van der Waals surface area contributed by atoms with Gasteiger partial charge in [0.1, 0.15) is 5.82 Å². The topological polar surface area (TPSA) is 40.7 Å². The highest BCUT2D eigenvalue weighted by Gasteiger charge is 2.16. The highest BCUT2D eigenvalue weighted by atomic mass is 15.0. The molecule has 0 aromatic carbocycles. The summed E-state index contributed by atoms with van der Waals surface area (Å²) in [5.74, 6) is 1.05. The summed E-state index contributed by atoms with van der Waals surface area (Å²) < 4.78 is 0. The van der Waals surface area contributed by atoms with Gasteiger partial charge in [0.2, 0.25) is 0 Å². The van der Waals surface area contributed by atoms with Gasteiger partial charge in [-0.15, -0.1) is 0 Å².